The van der Waals surface area contributed by atoms with Gasteiger partial charge in [-0.15, -0.1) is 0 Å². The van der Waals surface area contributed by atoms with Crippen LogP contribution in [0.4, 0.5) is 0 Å². The van der Waals surface area contributed by atoms with Crippen LogP contribution in [0.25, 0.3) is 0 Å². The predicted molar refractivity (Wildman–Crippen MR) is 112 cm³/mol. The van der Waals surface area contributed by atoms with Crippen LogP contribution in [0.2, 0.25) is 0 Å². The Labute approximate surface area is 166 Å². The molecule has 0 saturated carbocycles. The highest BCUT2D eigenvalue weighted by Crippen LogP contribution is 2.32. The lowest BCUT2D eigenvalue weighted by Crippen LogP contribution is -2.45. The van der Waals surface area contributed by atoms with Crippen LogP contribution in [-0.2, 0) is 15.9 Å². The molecule has 1 aliphatic rings. The summed E-state index contributed by atoms with van der Waals surface area (Å²) in [5, 5.41) is 0. The van der Waals surface area contributed by atoms with Crippen molar-refractivity contribution < 1.29 is 14.2 Å². The first-order valence-corrected chi connectivity index (χ1v) is 10.5. The minimum Gasteiger partial charge on any atom is -0.488 e. The highest BCUT2D eigenvalue weighted by Gasteiger charge is 2.34. The van der Waals surface area contributed by atoms with E-state index < -0.39 is 0 Å². The molecule has 1 aromatic rings. The summed E-state index contributed by atoms with van der Waals surface area (Å²) in [6, 6.07) is 8.55. The first-order chi connectivity index (χ1) is 12.9. The van der Waals surface area contributed by atoms with Crippen molar-refractivity contribution in [3.05, 3.63) is 29.8 Å². The van der Waals surface area contributed by atoms with Gasteiger partial charge in [0.05, 0.1) is 12.7 Å². The lowest BCUT2D eigenvalue weighted by molar-refractivity contribution is -0.000479. The summed E-state index contributed by atoms with van der Waals surface area (Å²) in [5.41, 5.74) is 1.17. The third-order valence-corrected chi connectivity index (χ3v) is 5.52. The van der Waals surface area contributed by atoms with Crippen LogP contribution in [0.1, 0.15) is 52.5 Å². The number of methoxy groups -OCH3 is 1. The molecule has 1 heterocycles. The van der Waals surface area contributed by atoms with Crippen LogP contribution in [0.3, 0.4) is 0 Å². The maximum atomic E-state index is 6.46. The Balaban J connectivity index is 1.82. The molecule has 27 heavy (non-hydrogen) atoms. The van der Waals surface area contributed by atoms with E-state index in [1.165, 1.54) is 18.4 Å². The van der Waals surface area contributed by atoms with Crippen LogP contribution in [0, 0.1) is 5.92 Å². The van der Waals surface area contributed by atoms with E-state index >= 15 is 0 Å². The van der Waals surface area contributed by atoms with E-state index in [9.17, 15) is 0 Å². The molecule has 0 atom stereocenters. The molecule has 0 radical (unpaired) electrons. The zero-order valence-corrected chi connectivity index (χ0v) is 18.0. The maximum Gasteiger partial charge on any atom is 0.120 e. The van der Waals surface area contributed by atoms with Gasteiger partial charge in [0, 0.05) is 26.2 Å². The Bertz CT molecular complexity index is 536. The van der Waals surface area contributed by atoms with Gasteiger partial charge in [-0.25, -0.2) is 0 Å². The van der Waals surface area contributed by atoms with Crippen molar-refractivity contribution in [1.29, 1.82) is 0 Å². The molecule has 0 aromatic heterocycles. The van der Waals surface area contributed by atoms with Crippen LogP contribution >= 0.6 is 0 Å². The van der Waals surface area contributed by atoms with Crippen molar-refractivity contribution in [2.45, 2.75) is 65.1 Å². The molecule has 0 spiro atoms. The second kappa shape index (κ2) is 11.0. The highest BCUT2D eigenvalue weighted by molar-refractivity contribution is 5.29. The number of likely N-dealkylation sites (tertiary alicyclic amines) is 1. The molecular weight excluding hydrogens is 338 g/mol. The summed E-state index contributed by atoms with van der Waals surface area (Å²) < 4.78 is 17.3. The van der Waals surface area contributed by atoms with Crippen molar-refractivity contribution in [3.63, 3.8) is 0 Å². The van der Waals surface area contributed by atoms with E-state index in [-0.39, 0.29) is 5.60 Å². The van der Waals surface area contributed by atoms with Gasteiger partial charge in [-0.3, -0.25) is 0 Å². The zero-order valence-electron chi connectivity index (χ0n) is 18.0. The Morgan fingerprint density at radius 2 is 1.89 bits per heavy atom. The largest absolute Gasteiger partial charge is 0.488 e. The van der Waals surface area contributed by atoms with Gasteiger partial charge in [-0.05, 0) is 84.2 Å². The molecule has 1 saturated heterocycles. The fourth-order valence-corrected chi connectivity index (χ4v) is 3.84. The fraction of sp³-hybridized carbons (Fsp3) is 0.739. The van der Waals surface area contributed by atoms with Crippen LogP contribution in [0.5, 0.6) is 5.75 Å². The van der Waals surface area contributed by atoms with Gasteiger partial charge >= 0.3 is 0 Å². The number of nitrogens with zero attached hydrogens (tertiary/aromatic N) is 1. The van der Waals surface area contributed by atoms with Crippen molar-refractivity contribution in [1.82, 2.24) is 4.90 Å². The topological polar surface area (TPSA) is 30.9 Å². The molecule has 4 nitrogen and oxygen atoms in total. The summed E-state index contributed by atoms with van der Waals surface area (Å²) in [4.78, 5) is 2.52. The van der Waals surface area contributed by atoms with E-state index in [0.717, 1.165) is 51.4 Å². The van der Waals surface area contributed by atoms with Crippen LogP contribution < -0.4 is 4.74 Å². The number of ether oxygens (including phenoxy) is 3. The second-order valence-corrected chi connectivity index (χ2v) is 8.48. The zero-order chi connectivity index (χ0) is 19.7. The smallest absolute Gasteiger partial charge is 0.120 e. The standard InChI is InChI=1S/C23H39NO3/c1-19(2)26-17-15-24-13-11-21(12-14-24)23(3,4)27-22-10-6-8-20(18-22)9-7-16-25-5/h6,8,10,18-19,21H,7,9,11-17H2,1-5H3. The Morgan fingerprint density at radius 3 is 2.56 bits per heavy atom. The van der Waals surface area contributed by atoms with E-state index in [4.69, 9.17) is 14.2 Å². The van der Waals surface area contributed by atoms with Crippen molar-refractivity contribution in [3.8, 4) is 5.75 Å². The van der Waals surface area contributed by atoms with Gasteiger partial charge in [-0.1, -0.05) is 12.1 Å². The van der Waals surface area contributed by atoms with E-state index in [0.29, 0.717) is 12.0 Å². The first-order valence-electron chi connectivity index (χ1n) is 10.5. The molecule has 4 heteroatoms. The third-order valence-electron chi connectivity index (χ3n) is 5.52. The Morgan fingerprint density at radius 1 is 1.15 bits per heavy atom. The summed E-state index contributed by atoms with van der Waals surface area (Å²) in [5.74, 6) is 1.57. The number of hydrogen-bond acceptors (Lipinski definition) is 4. The normalized spacial score (nSPS) is 16.8. The minimum absolute atomic E-state index is 0.147. The van der Waals surface area contributed by atoms with Crippen LogP contribution in [-0.4, -0.2) is 56.6 Å². The molecule has 1 fully saturated rings. The Hall–Kier alpha value is -1.10. The summed E-state index contributed by atoms with van der Waals surface area (Å²) in [6.07, 6.45) is 4.76. The van der Waals surface area contributed by atoms with Gasteiger partial charge < -0.3 is 19.1 Å². The average molecular weight is 378 g/mol. The van der Waals surface area contributed by atoms with Crippen molar-refractivity contribution in [2.24, 2.45) is 5.92 Å². The van der Waals surface area contributed by atoms with E-state index in [1.807, 2.05) is 0 Å². The molecule has 0 N–H and O–H groups in total. The fourth-order valence-electron chi connectivity index (χ4n) is 3.84. The Kier molecular flexibility index (Phi) is 9.07. The highest BCUT2D eigenvalue weighted by atomic mass is 16.5. The molecule has 1 aliphatic heterocycles. The summed E-state index contributed by atoms with van der Waals surface area (Å²) >= 11 is 0. The van der Waals surface area contributed by atoms with E-state index in [1.54, 1.807) is 7.11 Å². The molecule has 1 aromatic carbocycles. The van der Waals surface area contributed by atoms with E-state index in [2.05, 4.69) is 56.9 Å². The molecule has 0 amide bonds. The SMILES string of the molecule is COCCCc1cccc(OC(C)(C)C2CCN(CCOC(C)C)CC2)c1. The number of benzene rings is 1. The lowest BCUT2D eigenvalue weighted by Gasteiger charge is -2.40. The number of hydrogen-bond donors (Lipinski definition) is 0. The van der Waals surface area contributed by atoms with Gasteiger partial charge in [0.15, 0.2) is 0 Å². The van der Waals surface area contributed by atoms with Gasteiger partial charge in [0.1, 0.15) is 11.4 Å². The first kappa shape index (κ1) is 22.2. The second-order valence-electron chi connectivity index (χ2n) is 8.48. The molecule has 0 unspecified atom stereocenters. The monoisotopic (exact) mass is 377 g/mol. The number of aryl methyl sites for hydroxylation is 1. The molecule has 0 aliphatic carbocycles. The van der Waals surface area contributed by atoms with Crippen LogP contribution in [0.15, 0.2) is 24.3 Å². The quantitative estimate of drug-likeness (QED) is 0.529. The van der Waals surface area contributed by atoms with Crippen molar-refractivity contribution >= 4 is 0 Å². The number of piperidine rings is 1. The molecule has 154 valence electrons. The summed E-state index contributed by atoms with van der Waals surface area (Å²) in [7, 11) is 1.75. The van der Waals surface area contributed by atoms with Gasteiger partial charge in [0.2, 0.25) is 0 Å². The molecular formula is C23H39NO3. The van der Waals surface area contributed by atoms with Gasteiger partial charge in [0.25, 0.3) is 0 Å². The number of rotatable bonds is 11. The summed E-state index contributed by atoms with van der Waals surface area (Å²) in [6.45, 7) is 13.6. The minimum atomic E-state index is -0.147. The molecule has 2 rings (SSSR count). The lowest BCUT2D eigenvalue weighted by atomic mass is 9.82. The third kappa shape index (κ3) is 7.81. The van der Waals surface area contributed by atoms with Gasteiger partial charge in [-0.2, -0.15) is 0 Å². The predicted octanol–water partition coefficient (Wildman–Crippen LogP) is 4.56. The average Bonchev–Trinajstić information content (AvgIpc) is 2.62. The molecule has 0 bridgehead atoms. The maximum absolute atomic E-state index is 6.46. The van der Waals surface area contributed by atoms with Crippen molar-refractivity contribution in [2.75, 3.05) is 40.0 Å².